The van der Waals surface area contributed by atoms with E-state index in [1.807, 2.05) is 12.1 Å². The molecule has 0 fully saturated rings. The Morgan fingerprint density at radius 3 is 2.57 bits per heavy atom. The van der Waals surface area contributed by atoms with Crippen molar-refractivity contribution in [3.05, 3.63) is 58.1 Å². The first-order chi connectivity index (χ1) is 11.2. The van der Waals surface area contributed by atoms with Crippen LogP contribution in [0.15, 0.2) is 45.6 Å². The Balaban J connectivity index is 2.39. The van der Waals surface area contributed by atoms with Gasteiger partial charge >= 0.3 is 11.6 Å². The average Bonchev–Trinajstić information content (AvgIpc) is 2.58. The number of unbranched alkanes of at least 4 members (excludes halogenated alkanes) is 3. The van der Waals surface area contributed by atoms with Gasteiger partial charge in [-0.2, -0.15) is 0 Å². The average molecular weight is 314 g/mol. The van der Waals surface area contributed by atoms with Crippen molar-refractivity contribution in [1.29, 1.82) is 0 Å². The van der Waals surface area contributed by atoms with Crippen LogP contribution in [0, 0.1) is 0 Å². The van der Waals surface area contributed by atoms with Gasteiger partial charge in [0.1, 0.15) is 5.76 Å². The summed E-state index contributed by atoms with van der Waals surface area (Å²) in [5.41, 5.74) is 1.61. The summed E-state index contributed by atoms with van der Waals surface area (Å²) >= 11 is 0. The van der Waals surface area contributed by atoms with Gasteiger partial charge in [-0.1, -0.05) is 44.4 Å². The third-order valence-corrected chi connectivity index (χ3v) is 3.79. The van der Waals surface area contributed by atoms with Gasteiger partial charge in [0, 0.05) is 18.1 Å². The Bertz CT molecular complexity index is 715. The highest BCUT2D eigenvalue weighted by molar-refractivity contribution is 5.97. The maximum atomic E-state index is 12.0. The highest BCUT2D eigenvalue weighted by Crippen LogP contribution is 2.28. The lowest BCUT2D eigenvalue weighted by atomic mass is 9.97. The number of ether oxygens (including phenoxy) is 1. The van der Waals surface area contributed by atoms with E-state index in [0.29, 0.717) is 17.7 Å². The highest BCUT2D eigenvalue weighted by Gasteiger charge is 2.16. The minimum absolute atomic E-state index is 0.366. The molecule has 1 aromatic carbocycles. The Hall–Kier alpha value is -2.36. The molecule has 0 amide bonds. The van der Waals surface area contributed by atoms with E-state index >= 15 is 0 Å². The van der Waals surface area contributed by atoms with Gasteiger partial charge in [0.2, 0.25) is 0 Å². The molecule has 0 saturated heterocycles. The predicted molar refractivity (Wildman–Crippen MR) is 89.6 cm³/mol. The van der Waals surface area contributed by atoms with Crippen LogP contribution < -0.4 is 5.63 Å². The van der Waals surface area contributed by atoms with Gasteiger partial charge in [0.25, 0.3) is 0 Å². The Kier molecular flexibility index (Phi) is 6.15. The molecule has 0 unspecified atom stereocenters. The summed E-state index contributed by atoms with van der Waals surface area (Å²) in [4.78, 5) is 23.5. The minimum Gasteiger partial charge on any atom is -0.465 e. The summed E-state index contributed by atoms with van der Waals surface area (Å²) in [6.45, 7) is 2.15. The monoisotopic (exact) mass is 314 g/mol. The third-order valence-electron chi connectivity index (χ3n) is 3.79. The molecular formula is C19H22O4. The zero-order valence-corrected chi connectivity index (χ0v) is 13.6. The Morgan fingerprint density at radius 1 is 1.04 bits per heavy atom. The van der Waals surface area contributed by atoms with Crippen LogP contribution in [0.1, 0.15) is 48.7 Å². The Labute approximate surface area is 136 Å². The van der Waals surface area contributed by atoms with E-state index in [1.54, 1.807) is 18.2 Å². The summed E-state index contributed by atoms with van der Waals surface area (Å²) in [6.07, 6.45) is 5.03. The molecule has 1 heterocycles. The van der Waals surface area contributed by atoms with Crippen LogP contribution in [0.5, 0.6) is 0 Å². The first-order valence-electron chi connectivity index (χ1n) is 7.98. The highest BCUT2D eigenvalue weighted by atomic mass is 16.5. The smallest absolute Gasteiger partial charge is 0.338 e. The molecule has 0 saturated carbocycles. The molecule has 0 atom stereocenters. The molecule has 1 aromatic heterocycles. The van der Waals surface area contributed by atoms with Gasteiger partial charge < -0.3 is 9.15 Å². The van der Waals surface area contributed by atoms with Crippen LogP contribution in [-0.4, -0.2) is 13.1 Å². The molecule has 2 rings (SSSR count). The molecule has 0 N–H and O–H groups in total. The third kappa shape index (κ3) is 4.31. The van der Waals surface area contributed by atoms with Crippen molar-refractivity contribution in [3.63, 3.8) is 0 Å². The zero-order chi connectivity index (χ0) is 16.7. The van der Waals surface area contributed by atoms with E-state index < -0.39 is 5.97 Å². The van der Waals surface area contributed by atoms with Gasteiger partial charge in [-0.3, -0.25) is 0 Å². The summed E-state index contributed by atoms with van der Waals surface area (Å²) in [7, 11) is 1.36. The molecule has 4 nitrogen and oxygen atoms in total. The molecule has 23 heavy (non-hydrogen) atoms. The SMILES string of the molecule is CCCCCCc1oc(=O)ccc1-c1ccccc1C(=O)OC. The summed E-state index contributed by atoms with van der Waals surface area (Å²) in [6, 6.07) is 10.3. The van der Waals surface area contributed by atoms with Crippen molar-refractivity contribution < 1.29 is 13.9 Å². The lowest BCUT2D eigenvalue weighted by Gasteiger charge is -2.11. The van der Waals surface area contributed by atoms with Gasteiger partial charge in [0.05, 0.1) is 12.7 Å². The van der Waals surface area contributed by atoms with E-state index in [2.05, 4.69) is 6.92 Å². The molecule has 4 heteroatoms. The number of esters is 1. The summed E-state index contributed by atoms with van der Waals surface area (Å²) < 4.78 is 10.2. The number of aryl methyl sites for hydroxylation is 1. The number of rotatable bonds is 7. The predicted octanol–water partition coefficient (Wildman–Crippen LogP) is 4.22. The van der Waals surface area contributed by atoms with Gasteiger partial charge in [-0.25, -0.2) is 9.59 Å². The maximum absolute atomic E-state index is 12.0. The summed E-state index contributed by atoms with van der Waals surface area (Å²) in [5.74, 6) is 0.230. The van der Waals surface area contributed by atoms with E-state index in [-0.39, 0.29) is 5.63 Å². The fraction of sp³-hybridized carbons (Fsp3) is 0.368. The Morgan fingerprint density at radius 2 is 1.83 bits per heavy atom. The van der Waals surface area contributed by atoms with Crippen LogP contribution in [-0.2, 0) is 11.2 Å². The van der Waals surface area contributed by atoms with Crippen LogP contribution >= 0.6 is 0 Å². The van der Waals surface area contributed by atoms with Crippen molar-refractivity contribution in [2.45, 2.75) is 39.0 Å². The van der Waals surface area contributed by atoms with Crippen molar-refractivity contribution in [3.8, 4) is 11.1 Å². The zero-order valence-electron chi connectivity index (χ0n) is 13.6. The molecule has 0 radical (unpaired) electrons. The van der Waals surface area contributed by atoms with Crippen molar-refractivity contribution >= 4 is 5.97 Å². The second kappa shape index (κ2) is 8.32. The number of methoxy groups -OCH3 is 1. The van der Waals surface area contributed by atoms with Gasteiger partial charge in [-0.15, -0.1) is 0 Å². The van der Waals surface area contributed by atoms with Crippen molar-refractivity contribution in [2.24, 2.45) is 0 Å². The van der Waals surface area contributed by atoms with E-state index in [9.17, 15) is 9.59 Å². The molecule has 122 valence electrons. The number of carbonyl (C=O) groups excluding carboxylic acids is 1. The van der Waals surface area contributed by atoms with Crippen LogP contribution in [0.3, 0.4) is 0 Å². The van der Waals surface area contributed by atoms with E-state index in [4.69, 9.17) is 9.15 Å². The topological polar surface area (TPSA) is 56.5 Å². The van der Waals surface area contributed by atoms with E-state index in [0.717, 1.165) is 36.8 Å². The number of hydrogen-bond acceptors (Lipinski definition) is 4. The lowest BCUT2D eigenvalue weighted by Crippen LogP contribution is -2.06. The normalized spacial score (nSPS) is 10.5. The fourth-order valence-corrected chi connectivity index (χ4v) is 2.60. The fourth-order valence-electron chi connectivity index (χ4n) is 2.60. The number of benzene rings is 1. The quantitative estimate of drug-likeness (QED) is 0.567. The first kappa shape index (κ1) is 17.0. The van der Waals surface area contributed by atoms with Crippen molar-refractivity contribution in [1.82, 2.24) is 0 Å². The number of carbonyl (C=O) groups is 1. The standard InChI is InChI=1S/C19H22O4/c1-3-4-5-6-11-17-15(12-13-18(20)23-17)14-9-7-8-10-16(14)19(21)22-2/h7-10,12-13H,3-6,11H2,1-2H3. The van der Waals surface area contributed by atoms with Crippen LogP contribution in [0.25, 0.3) is 11.1 Å². The molecular weight excluding hydrogens is 292 g/mol. The van der Waals surface area contributed by atoms with Gasteiger partial charge in [-0.05, 0) is 24.1 Å². The second-order valence-corrected chi connectivity index (χ2v) is 5.44. The molecule has 0 aliphatic heterocycles. The molecule has 0 spiro atoms. The summed E-state index contributed by atoms with van der Waals surface area (Å²) in [5, 5.41) is 0. The van der Waals surface area contributed by atoms with Crippen LogP contribution in [0.2, 0.25) is 0 Å². The molecule has 2 aromatic rings. The second-order valence-electron chi connectivity index (χ2n) is 5.44. The van der Waals surface area contributed by atoms with Crippen LogP contribution in [0.4, 0.5) is 0 Å². The molecule has 0 bridgehead atoms. The van der Waals surface area contributed by atoms with E-state index in [1.165, 1.54) is 13.2 Å². The number of hydrogen-bond donors (Lipinski definition) is 0. The molecule has 0 aliphatic rings. The minimum atomic E-state index is -0.399. The van der Waals surface area contributed by atoms with Crippen molar-refractivity contribution in [2.75, 3.05) is 7.11 Å². The lowest BCUT2D eigenvalue weighted by molar-refractivity contribution is 0.0601. The maximum Gasteiger partial charge on any atom is 0.338 e. The van der Waals surface area contributed by atoms with Gasteiger partial charge in [0.15, 0.2) is 0 Å². The molecule has 0 aliphatic carbocycles. The largest absolute Gasteiger partial charge is 0.465 e. The first-order valence-corrected chi connectivity index (χ1v) is 7.98.